The largest absolute Gasteiger partial charge is 0.447 e. The van der Waals surface area contributed by atoms with Crippen molar-refractivity contribution in [2.75, 3.05) is 26.2 Å². The van der Waals surface area contributed by atoms with Gasteiger partial charge < -0.3 is 20.1 Å². The van der Waals surface area contributed by atoms with Crippen molar-refractivity contribution < 1.29 is 24.9 Å². The van der Waals surface area contributed by atoms with Crippen LogP contribution in [-0.2, 0) is 4.74 Å². The first-order valence-electron chi connectivity index (χ1n) is 10.3. The van der Waals surface area contributed by atoms with Gasteiger partial charge in [-0.3, -0.25) is 9.80 Å². The van der Waals surface area contributed by atoms with Crippen LogP contribution in [0.15, 0.2) is 30.3 Å². The van der Waals surface area contributed by atoms with Gasteiger partial charge in [0.05, 0.1) is 18.2 Å². The van der Waals surface area contributed by atoms with Gasteiger partial charge in [0.2, 0.25) is 0 Å². The molecule has 5 atom stereocenters. The second-order valence-electron chi connectivity index (χ2n) is 7.90. The Morgan fingerprint density at radius 3 is 2.39 bits per heavy atom. The van der Waals surface area contributed by atoms with Gasteiger partial charge in [0.15, 0.2) is 0 Å². The minimum absolute atomic E-state index is 0.00250. The number of ether oxygens (including phenoxy) is 1. The van der Waals surface area contributed by atoms with Crippen LogP contribution in [0.2, 0.25) is 0 Å². The number of nitrogens with zero attached hydrogens (tertiary/aromatic N) is 2. The van der Waals surface area contributed by atoms with E-state index in [1.807, 2.05) is 47.1 Å². The van der Waals surface area contributed by atoms with Crippen molar-refractivity contribution in [1.29, 1.82) is 0 Å². The number of rotatable bonds is 8. The first-order chi connectivity index (χ1) is 13.5. The summed E-state index contributed by atoms with van der Waals surface area (Å²) in [4.78, 5) is 15.9. The fraction of sp³-hybridized carbons (Fsp3) is 0.667. The molecular weight excluding hydrogens is 360 g/mol. The third-order valence-corrected chi connectivity index (χ3v) is 5.99. The average molecular weight is 392 g/mol. The van der Waals surface area contributed by atoms with E-state index in [-0.39, 0.29) is 18.2 Å². The molecule has 0 radical (unpaired) electrons. The molecule has 3 rings (SSSR count). The molecule has 0 aromatic heterocycles. The number of carbonyl (C=O) groups excluding carboxylic acids is 1. The lowest BCUT2D eigenvalue weighted by Crippen LogP contribution is -2.60. The summed E-state index contributed by atoms with van der Waals surface area (Å²) in [6.07, 6.45) is 0.756. The highest BCUT2D eigenvalue weighted by Crippen LogP contribution is 2.28. The molecule has 0 saturated carbocycles. The number of hydrogen-bond acceptors (Lipinski definition) is 6. The summed E-state index contributed by atoms with van der Waals surface area (Å²) < 4.78 is 5.24. The number of unbranched alkanes of at least 4 members (excludes halogenated alkanes) is 3. The third-order valence-electron chi connectivity index (χ3n) is 5.99. The average Bonchev–Trinajstić information content (AvgIpc) is 3.07. The van der Waals surface area contributed by atoms with Crippen molar-refractivity contribution in [2.45, 2.75) is 63.0 Å². The van der Waals surface area contributed by atoms with Gasteiger partial charge in [0, 0.05) is 19.1 Å². The highest BCUT2D eigenvalue weighted by Gasteiger charge is 2.38. The van der Waals surface area contributed by atoms with Gasteiger partial charge in [-0.05, 0) is 31.9 Å². The molecular formula is C21H32N2O5. The molecule has 1 aromatic rings. The van der Waals surface area contributed by atoms with Crippen molar-refractivity contribution in [1.82, 2.24) is 9.80 Å². The monoisotopic (exact) mass is 392 g/mol. The Labute approximate surface area is 166 Å². The zero-order chi connectivity index (χ0) is 20.1. The second kappa shape index (κ2) is 9.69. The number of piperidine rings is 1. The predicted octanol–water partition coefficient (Wildman–Crippen LogP) is 1.53. The van der Waals surface area contributed by atoms with E-state index in [0.717, 1.165) is 37.8 Å². The number of likely N-dealkylation sites (tertiary alicyclic amines) is 1. The normalized spacial score (nSPS) is 31.2. The van der Waals surface area contributed by atoms with Crippen LogP contribution in [0.5, 0.6) is 0 Å². The van der Waals surface area contributed by atoms with Crippen molar-refractivity contribution in [3.8, 4) is 0 Å². The number of benzene rings is 1. The minimum atomic E-state index is -1.07. The van der Waals surface area contributed by atoms with Crippen LogP contribution in [0.1, 0.15) is 44.2 Å². The van der Waals surface area contributed by atoms with Gasteiger partial charge in [-0.2, -0.15) is 0 Å². The second-order valence-corrected chi connectivity index (χ2v) is 7.90. The molecule has 1 unspecified atom stereocenters. The summed E-state index contributed by atoms with van der Waals surface area (Å²) in [5.74, 6) is 0. The molecule has 28 heavy (non-hydrogen) atoms. The lowest BCUT2D eigenvalue weighted by Gasteiger charge is -2.42. The first-order valence-corrected chi connectivity index (χ1v) is 10.3. The molecule has 1 amide bonds. The topological polar surface area (TPSA) is 93.5 Å². The molecule has 3 N–H and O–H groups in total. The maximum absolute atomic E-state index is 12.0. The summed E-state index contributed by atoms with van der Waals surface area (Å²) in [6, 6.07) is 9.81. The van der Waals surface area contributed by atoms with E-state index in [4.69, 9.17) is 4.74 Å². The number of aliphatic hydroxyl groups excluding tert-OH is 3. The maximum Gasteiger partial charge on any atom is 0.410 e. The van der Waals surface area contributed by atoms with Crippen LogP contribution in [0.25, 0.3) is 0 Å². The molecule has 7 heteroatoms. The van der Waals surface area contributed by atoms with Crippen molar-refractivity contribution in [3.05, 3.63) is 35.9 Å². The van der Waals surface area contributed by atoms with E-state index in [1.54, 1.807) is 0 Å². The molecule has 0 spiro atoms. The summed E-state index contributed by atoms with van der Waals surface area (Å²) in [7, 11) is 0. The molecule has 1 aromatic carbocycles. The Balaban J connectivity index is 1.37. The molecule has 156 valence electrons. The molecule has 2 saturated heterocycles. The van der Waals surface area contributed by atoms with Gasteiger partial charge >= 0.3 is 6.09 Å². The highest BCUT2D eigenvalue weighted by atomic mass is 16.6. The number of carbonyl (C=O) groups is 1. The molecule has 2 fully saturated rings. The van der Waals surface area contributed by atoms with Gasteiger partial charge in [0.1, 0.15) is 12.7 Å². The summed E-state index contributed by atoms with van der Waals surface area (Å²) in [6.45, 7) is 4.13. The number of β-amino-alcohol motifs (C(OH)–C–C–N with tert-alkyl or cyclic N) is 1. The zero-order valence-electron chi connectivity index (χ0n) is 16.5. The van der Waals surface area contributed by atoms with Gasteiger partial charge in [-0.15, -0.1) is 0 Å². The summed E-state index contributed by atoms with van der Waals surface area (Å²) in [5.41, 5.74) is 1.10. The van der Waals surface area contributed by atoms with Crippen LogP contribution < -0.4 is 0 Å². The van der Waals surface area contributed by atoms with E-state index < -0.39 is 18.3 Å². The number of aliphatic hydroxyl groups is 3. The molecule has 0 bridgehead atoms. The fourth-order valence-electron chi connectivity index (χ4n) is 4.14. The van der Waals surface area contributed by atoms with E-state index in [9.17, 15) is 20.1 Å². The molecule has 2 aliphatic rings. The van der Waals surface area contributed by atoms with Crippen LogP contribution in [0, 0.1) is 0 Å². The Morgan fingerprint density at radius 2 is 1.68 bits per heavy atom. The van der Waals surface area contributed by atoms with Crippen LogP contribution >= 0.6 is 0 Å². The zero-order valence-corrected chi connectivity index (χ0v) is 16.5. The predicted molar refractivity (Wildman–Crippen MR) is 105 cm³/mol. The van der Waals surface area contributed by atoms with E-state index in [1.165, 1.54) is 0 Å². The highest BCUT2D eigenvalue weighted by molar-refractivity contribution is 5.70. The lowest BCUT2D eigenvalue weighted by molar-refractivity contribution is -0.133. The Hall–Kier alpha value is -1.67. The quantitative estimate of drug-likeness (QED) is 0.581. The van der Waals surface area contributed by atoms with Crippen LogP contribution in [-0.4, -0.2) is 81.8 Å². The minimum Gasteiger partial charge on any atom is -0.447 e. The Bertz CT molecular complexity index is 628. The van der Waals surface area contributed by atoms with Crippen molar-refractivity contribution in [3.63, 3.8) is 0 Å². The molecule has 2 aliphatic heterocycles. The molecule has 7 nitrogen and oxygen atoms in total. The molecule has 2 heterocycles. The first kappa shape index (κ1) is 21.0. The SMILES string of the molecule is C[C@@H]1[C@@H](O)[C@H](O)[C@@H](O)CN1CCCCCCN1C(=O)OCC1c1ccccc1. The fourth-order valence-corrected chi connectivity index (χ4v) is 4.14. The Morgan fingerprint density at radius 1 is 1.00 bits per heavy atom. The van der Waals surface area contributed by atoms with Gasteiger partial charge in [0.25, 0.3) is 0 Å². The van der Waals surface area contributed by atoms with E-state index in [2.05, 4.69) is 0 Å². The number of hydrogen-bond donors (Lipinski definition) is 3. The molecule has 0 aliphatic carbocycles. The standard InChI is InChI=1S/C21H32N2O5/c1-15-19(25)20(26)18(24)13-22(15)11-7-2-3-8-12-23-17(14-28-21(23)27)16-9-5-4-6-10-16/h4-6,9-10,15,17-20,24-26H,2-3,7-8,11-14H2,1H3/t15-,17?,18+,19-,20-/m1/s1. The summed E-state index contributed by atoms with van der Waals surface area (Å²) in [5, 5.41) is 29.6. The maximum atomic E-state index is 12.0. The summed E-state index contributed by atoms with van der Waals surface area (Å²) >= 11 is 0. The number of cyclic esters (lactones) is 1. The lowest BCUT2D eigenvalue weighted by atomic mass is 9.94. The van der Waals surface area contributed by atoms with Crippen LogP contribution in [0.4, 0.5) is 4.79 Å². The van der Waals surface area contributed by atoms with Gasteiger partial charge in [-0.25, -0.2) is 4.79 Å². The Kier molecular flexibility index (Phi) is 7.29. The van der Waals surface area contributed by atoms with E-state index >= 15 is 0 Å². The third kappa shape index (κ3) is 4.84. The van der Waals surface area contributed by atoms with Crippen molar-refractivity contribution >= 4 is 6.09 Å². The van der Waals surface area contributed by atoms with Crippen LogP contribution in [0.3, 0.4) is 0 Å². The van der Waals surface area contributed by atoms with Crippen molar-refractivity contribution in [2.24, 2.45) is 0 Å². The number of amides is 1. The van der Waals surface area contributed by atoms with E-state index in [0.29, 0.717) is 19.7 Å². The van der Waals surface area contributed by atoms with Gasteiger partial charge in [-0.1, -0.05) is 43.2 Å². The smallest absolute Gasteiger partial charge is 0.410 e.